The SMILES string of the molecule is Cn1nnc(Br)c1S(=O)(=O)Nc1ccc(I)cc1C(=O)O. The summed E-state index contributed by atoms with van der Waals surface area (Å²) >= 11 is 4.94. The van der Waals surface area contributed by atoms with E-state index in [0.717, 1.165) is 4.68 Å². The Bertz CT molecular complexity index is 801. The summed E-state index contributed by atoms with van der Waals surface area (Å²) in [7, 11) is -2.61. The topological polar surface area (TPSA) is 114 Å². The number of aryl methyl sites for hydroxylation is 1. The van der Waals surface area contributed by atoms with Crippen LogP contribution in [-0.4, -0.2) is 34.5 Å². The average molecular weight is 487 g/mol. The highest BCUT2D eigenvalue weighted by Gasteiger charge is 2.25. The molecule has 0 aliphatic heterocycles. The van der Waals surface area contributed by atoms with E-state index in [9.17, 15) is 13.2 Å². The van der Waals surface area contributed by atoms with Crippen LogP contribution in [0.4, 0.5) is 5.69 Å². The van der Waals surface area contributed by atoms with Gasteiger partial charge in [-0.05, 0) is 56.7 Å². The summed E-state index contributed by atoms with van der Waals surface area (Å²) in [6.45, 7) is 0. The molecule has 0 bridgehead atoms. The van der Waals surface area contributed by atoms with Gasteiger partial charge in [0.2, 0.25) is 5.03 Å². The quantitative estimate of drug-likeness (QED) is 0.635. The number of hydrogen-bond donors (Lipinski definition) is 2. The monoisotopic (exact) mass is 486 g/mol. The van der Waals surface area contributed by atoms with Crippen molar-refractivity contribution in [3.05, 3.63) is 31.9 Å². The van der Waals surface area contributed by atoms with Crippen molar-refractivity contribution < 1.29 is 18.3 Å². The molecule has 1 aromatic heterocycles. The molecule has 0 saturated heterocycles. The molecule has 1 heterocycles. The third-order valence-electron chi connectivity index (χ3n) is 2.45. The Morgan fingerprint density at radius 2 is 2.14 bits per heavy atom. The number of benzene rings is 1. The van der Waals surface area contributed by atoms with Crippen LogP contribution >= 0.6 is 38.5 Å². The smallest absolute Gasteiger partial charge is 0.337 e. The molecule has 0 amide bonds. The van der Waals surface area contributed by atoms with Gasteiger partial charge in [-0.25, -0.2) is 9.48 Å². The van der Waals surface area contributed by atoms with Gasteiger partial charge in [0, 0.05) is 10.6 Å². The molecule has 2 rings (SSSR count). The summed E-state index contributed by atoms with van der Waals surface area (Å²) in [6.07, 6.45) is 0. The van der Waals surface area contributed by atoms with Gasteiger partial charge >= 0.3 is 5.97 Å². The second-order valence-corrected chi connectivity index (χ2v) is 7.50. The van der Waals surface area contributed by atoms with Crippen LogP contribution in [0.15, 0.2) is 27.8 Å². The number of anilines is 1. The molecule has 0 aliphatic rings. The van der Waals surface area contributed by atoms with Crippen molar-refractivity contribution in [2.24, 2.45) is 7.05 Å². The number of carboxylic acid groups (broad SMARTS) is 1. The number of nitrogens with one attached hydrogen (secondary N) is 1. The number of aromatic nitrogens is 3. The van der Waals surface area contributed by atoms with E-state index in [1.165, 1.54) is 19.2 Å². The van der Waals surface area contributed by atoms with Crippen molar-refractivity contribution in [2.45, 2.75) is 5.03 Å². The molecule has 0 aliphatic carbocycles. The van der Waals surface area contributed by atoms with E-state index in [-0.39, 0.29) is 20.9 Å². The predicted octanol–water partition coefficient (Wildman–Crippen LogP) is 1.68. The van der Waals surface area contributed by atoms with Crippen LogP contribution in [0.25, 0.3) is 0 Å². The van der Waals surface area contributed by atoms with Gasteiger partial charge in [-0.1, -0.05) is 5.21 Å². The van der Waals surface area contributed by atoms with Crippen molar-refractivity contribution in [3.63, 3.8) is 0 Å². The maximum Gasteiger partial charge on any atom is 0.337 e. The summed E-state index contributed by atoms with van der Waals surface area (Å²) < 4.78 is 28.7. The van der Waals surface area contributed by atoms with Gasteiger partial charge in [-0.3, -0.25) is 4.72 Å². The van der Waals surface area contributed by atoms with Gasteiger partial charge in [-0.15, -0.1) is 5.10 Å². The number of sulfonamides is 1. The van der Waals surface area contributed by atoms with E-state index in [4.69, 9.17) is 5.11 Å². The number of hydrogen-bond acceptors (Lipinski definition) is 5. The van der Waals surface area contributed by atoms with E-state index in [1.807, 2.05) is 22.6 Å². The fraction of sp³-hybridized carbons (Fsp3) is 0.100. The Labute approximate surface area is 141 Å². The van der Waals surface area contributed by atoms with Crippen molar-refractivity contribution in [1.82, 2.24) is 15.0 Å². The number of nitrogens with zero attached hydrogens (tertiary/aromatic N) is 3. The van der Waals surface area contributed by atoms with Crippen molar-refractivity contribution >= 4 is 60.2 Å². The van der Waals surface area contributed by atoms with Crippen LogP contribution in [-0.2, 0) is 17.1 Å². The van der Waals surface area contributed by atoms with E-state index in [0.29, 0.717) is 3.57 Å². The lowest BCUT2D eigenvalue weighted by Crippen LogP contribution is -2.19. The molecule has 11 heteroatoms. The Balaban J connectivity index is 2.50. The maximum absolute atomic E-state index is 12.3. The zero-order valence-corrected chi connectivity index (χ0v) is 15.0. The molecule has 2 N–H and O–H groups in total. The Morgan fingerprint density at radius 1 is 1.48 bits per heavy atom. The minimum atomic E-state index is -4.02. The Hall–Kier alpha value is -1.21. The number of carboxylic acids is 1. The van der Waals surface area contributed by atoms with Crippen LogP contribution < -0.4 is 4.72 Å². The van der Waals surface area contributed by atoms with E-state index < -0.39 is 16.0 Å². The fourth-order valence-corrected chi connectivity index (χ4v) is 4.25. The second-order valence-electron chi connectivity index (χ2n) is 3.91. The Kier molecular flexibility index (Phi) is 4.53. The number of halogens is 2. The van der Waals surface area contributed by atoms with E-state index in [1.54, 1.807) is 6.07 Å². The van der Waals surface area contributed by atoms with Crippen LogP contribution in [0.1, 0.15) is 10.4 Å². The van der Waals surface area contributed by atoms with Gasteiger partial charge in [0.1, 0.15) is 0 Å². The summed E-state index contributed by atoms with van der Waals surface area (Å²) in [5, 5.41) is 16.1. The second kappa shape index (κ2) is 5.88. The largest absolute Gasteiger partial charge is 0.478 e. The first kappa shape index (κ1) is 16.2. The molecule has 0 unspecified atom stereocenters. The number of aromatic carboxylic acids is 1. The summed E-state index contributed by atoms with van der Waals surface area (Å²) in [5.41, 5.74) is -0.173. The fourth-order valence-electron chi connectivity index (χ4n) is 1.58. The highest BCUT2D eigenvalue weighted by molar-refractivity contribution is 14.1. The van der Waals surface area contributed by atoms with Gasteiger partial charge in [0.25, 0.3) is 10.0 Å². The highest BCUT2D eigenvalue weighted by Crippen LogP contribution is 2.24. The van der Waals surface area contributed by atoms with E-state index in [2.05, 4.69) is 31.0 Å². The van der Waals surface area contributed by atoms with E-state index >= 15 is 0 Å². The molecule has 8 nitrogen and oxygen atoms in total. The summed E-state index contributed by atoms with van der Waals surface area (Å²) in [4.78, 5) is 11.2. The first-order valence-electron chi connectivity index (χ1n) is 5.33. The predicted molar refractivity (Wildman–Crippen MR) is 85.6 cm³/mol. The Morgan fingerprint density at radius 3 is 2.67 bits per heavy atom. The van der Waals surface area contributed by atoms with Crippen LogP contribution in [0.3, 0.4) is 0 Å². The van der Waals surface area contributed by atoms with Gasteiger partial charge < -0.3 is 5.11 Å². The molecular weight excluding hydrogens is 479 g/mol. The normalized spacial score (nSPS) is 11.4. The molecule has 0 atom stereocenters. The maximum atomic E-state index is 12.3. The van der Waals surface area contributed by atoms with Gasteiger partial charge in [-0.2, -0.15) is 8.42 Å². The lowest BCUT2D eigenvalue weighted by molar-refractivity contribution is 0.0698. The molecule has 2 aromatic rings. The highest BCUT2D eigenvalue weighted by atomic mass is 127. The van der Waals surface area contributed by atoms with Crippen LogP contribution in [0.2, 0.25) is 0 Å². The van der Waals surface area contributed by atoms with Gasteiger partial charge in [0.15, 0.2) is 4.60 Å². The molecule has 0 spiro atoms. The zero-order chi connectivity index (χ0) is 15.8. The standard InChI is InChI=1S/C10H8BrIN4O4S/c1-16-9(8(11)13-15-16)21(19,20)14-7-3-2-5(12)4-6(7)10(17)18/h2-4,14H,1H3,(H,17,18). The summed E-state index contributed by atoms with van der Waals surface area (Å²) in [5.74, 6) is -1.23. The van der Waals surface area contributed by atoms with Crippen molar-refractivity contribution in [3.8, 4) is 0 Å². The molecule has 1 aromatic carbocycles. The van der Waals surface area contributed by atoms with Crippen LogP contribution in [0, 0.1) is 3.57 Å². The molecule has 112 valence electrons. The average Bonchev–Trinajstić information content (AvgIpc) is 2.71. The van der Waals surface area contributed by atoms with Crippen molar-refractivity contribution in [1.29, 1.82) is 0 Å². The third-order valence-corrected chi connectivity index (χ3v) is 5.37. The molecule has 21 heavy (non-hydrogen) atoms. The first-order chi connectivity index (χ1) is 9.72. The van der Waals surface area contributed by atoms with Crippen LogP contribution in [0.5, 0.6) is 0 Å². The minimum absolute atomic E-state index is 0.0315. The third kappa shape index (κ3) is 3.35. The molecule has 0 saturated carbocycles. The zero-order valence-electron chi connectivity index (χ0n) is 10.4. The minimum Gasteiger partial charge on any atom is -0.478 e. The lowest BCUT2D eigenvalue weighted by atomic mass is 10.2. The lowest BCUT2D eigenvalue weighted by Gasteiger charge is -2.10. The number of rotatable bonds is 4. The van der Waals surface area contributed by atoms with Gasteiger partial charge in [0.05, 0.1) is 11.3 Å². The number of carbonyl (C=O) groups is 1. The molecular formula is C10H8BrIN4O4S. The molecule has 0 radical (unpaired) electrons. The molecule has 0 fully saturated rings. The first-order valence-corrected chi connectivity index (χ1v) is 8.68. The summed E-state index contributed by atoms with van der Waals surface area (Å²) in [6, 6.07) is 4.36. The van der Waals surface area contributed by atoms with Crippen molar-refractivity contribution in [2.75, 3.05) is 4.72 Å².